The number of nitrogens with zero attached hydrogens (tertiary/aromatic N) is 1. The lowest BCUT2D eigenvalue weighted by Gasteiger charge is -2.38. The maximum Gasteiger partial charge on any atom is 0.269 e. The minimum absolute atomic E-state index is 0.0108. The molecule has 0 aromatic heterocycles. The van der Waals surface area contributed by atoms with E-state index < -0.39 is 4.92 Å². The molecule has 1 aromatic rings. The van der Waals surface area contributed by atoms with Crippen LogP contribution in [0.15, 0.2) is 18.2 Å². The van der Waals surface area contributed by atoms with Crippen LogP contribution in [0.2, 0.25) is 0 Å². The van der Waals surface area contributed by atoms with Crippen LogP contribution in [0.25, 0.3) is 0 Å². The number of aryl methyl sites for hydroxylation is 1. The summed E-state index contributed by atoms with van der Waals surface area (Å²) in [6.45, 7) is 2.13. The van der Waals surface area contributed by atoms with E-state index >= 15 is 0 Å². The Morgan fingerprint density at radius 2 is 2.21 bits per heavy atom. The van der Waals surface area contributed by atoms with E-state index in [1.165, 1.54) is 18.2 Å². The van der Waals surface area contributed by atoms with Crippen LogP contribution in [-0.2, 0) is 0 Å². The molecule has 3 N–H and O–H groups in total. The monoisotopic (exact) mass is 263 g/mol. The van der Waals surface area contributed by atoms with Gasteiger partial charge in [-0.3, -0.25) is 14.9 Å². The van der Waals surface area contributed by atoms with Gasteiger partial charge in [0, 0.05) is 29.8 Å². The number of carbonyl (C=O) groups excluding carboxylic acids is 1. The Balaban J connectivity index is 2.04. The van der Waals surface area contributed by atoms with E-state index in [1.807, 2.05) is 0 Å². The number of nitro benzene ring substituents is 1. The predicted molar refractivity (Wildman–Crippen MR) is 70.9 cm³/mol. The smallest absolute Gasteiger partial charge is 0.269 e. The van der Waals surface area contributed by atoms with Gasteiger partial charge in [-0.1, -0.05) is 0 Å². The fraction of sp³-hybridized carbons (Fsp3) is 0.462. The quantitative estimate of drug-likeness (QED) is 0.635. The number of hydrogen-bond acceptors (Lipinski definition) is 4. The zero-order valence-electron chi connectivity index (χ0n) is 10.8. The number of carbonyl (C=O) groups is 1. The topological polar surface area (TPSA) is 98.3 Å². The Bertz CT molecular complexity index is 524. The molecule has 6 heteroatoms. The third kappa shape index (κ3) is 2.90. The molecule has 2 rings (SSSR count). The zero-order chi connectivity index (χ0) is 14.0. The van der Waals surface area contributed by atoms with Crippen LogP contribution in [0.3, 0.4) is 0 Å². The van der Waals surface area contributed by atoms with Gasteiger partial charge in [0.2, 0.25) is 0 Å². The number of nitrogens with two attached hydrogens (primary N) is 1. The summed E-state index contributed by atoms with van der Waals surface area (Å²) in [7, 11) is 0. The van der Waals surface area contributed by atoms with Crippen molar-refractivity contribution in [1.82, 2.24) is 5.32 Å². The number of amides is 1. The van der Waals surface area contributed by atoms with Gasteiger partial charge in [-0.15, -0.1) is 0 Å². The Morgan fingerprint density at radius 1 is 1.53 bits per heavy atom. The Hall–Kier alpha value is -1.95. The van der Waals surface area contributed by atoms with Crippen molar-refractivity contribution < 1.29 is 9.72 Å². The Morgan fingerprint density at radius 3 is 2.68 bits per heavy atom. The molecular formula is C13H17N3O3. The molecule has 0 aliphatic heterocycles. The molecule has 1 aliphatic carbocycles. The molecule has 0 atom stereocenters. The second-order valence-corrected chi connectivity index (χ2v) is 5.15. The van der Waals surface area contributed by atoms with Crippen LogP contribution in [0, 0.1) is 17.0 Å². The SMILES string of the molecule is Cc1cc([N+](=O)[O-])ccc1C(=O)NCC1(N)CCC1. The predicted octanol–water partition coefficient (Wildman–Crippen LogP) is 1.51. The lowest BCUT2D eigenvalue weighted by molar-refractivity contribution is -0.384. The third-order valence-electron chi connectivity index (χ3n) is 3.62. The maximum atomic E-state index is 12.0. The minimum atomic E-state index is -0.474. The highest BCUT2D eigenvalue weighted by Crippen LogP contribution is 2.28. The van der Waals surface area contributed by atoms with Gasteiger partial charge in [0.05, 0.1) is 4.92 Å². The summed E-state index contributed by atoms with van der Waals surface area (Å²) in [5.74, 6) is -0.232. The molecule has 1 aromatic carbocycles. The Labute approximate surface area is 111 Å². The number of non-ortho nitro benzene ring substituents is 1. The van der Waals surface area contributed by atoms with E-state index in [1.54, 1.807) is 6.92 Å². The van der Waals surface area contributed by atoms with E-state index in [9.17, 15) is 14.9 Å². The zero-order valence-corrected chi connectivity index (χ0v) is 10.8. The largest absolute Gasteiger partial charge is 0.350 e. The van der Waals surface area contributed by atoms with Gasteiger partial charge in [-0.05, 0) is 37.8 Å². The highest BCUT2D eigenvalue weighted by molar-refractivity contribution is 5.95. The van der Waals surface area contributed by atoms with Gasteiger partial charge in [-0.2, -0.15) is 0 Å². The fourth-order valence-electron chi connectivity index (χ4n) is 2.18. The van der Waals surface area contributed by atoms with Gasteiger partial charge >= 0.3 is 0 Å². The fourth-order valence-corrected chi connectivity index (χ4v) is 2.18. The summed E-state index contributed by atoms with van der Waals surface area (Å²) >= 11 is 0. The van der Waals surface area contributed by atoms with Crippen molar-refractivity contribution in [3.63, 3.8) is 0 Å². The van der Waals surface area contributed by atoms with E-state index in [4.69, 9.17) is 5.73 Å². The standard InChI is InChI=1S/C13H17N3O3/c1-9-7-10(16(18)19)3-4-11(9)12(17)15-8-13(14)5-2-6-13/h3-4,7H,2,5-6,8,14H2,1H3,(H,15,17). The maximum absolute atomic E-state index is 12.0. The number of nitro groups is 1. The first-order chi connectivity index (χ1) is 8.91. The van der Waals surface area contributed by atoms with Crippen molar-refractivity contribution in [1.29, 1.82) is 0 Å². The first kappa shape index (κ1) is 13.5. The average molecular weight is 263 g/mol. The molecule has 1 aliphatic rings. The van der Waals surface area contributed by atoms with Crippen molar-refractivity contribution in [3.05, 3.63) is 39.4 Å². The highest BCUT2D eigenvalue weighted by atomic mass is 16.6. The molecule has 0 heterocycles. The second-order valence-electron chi connectivity index (χ2n) is 5.15. The summed E-state index contributed by atoms with van der Waals surface area (Å²) < 4.78 is 0. The molecule has 0 bridgehead atoms. The van der Waals surface area contributed by atoms with Crippen LogP contribution in [0.4, 0.5) is 5.69 Å². The Kier molecular flexibility index (Phi) is 3.53. The second kappa shape index (κ2) is 4.97. The van der Waals surface area contributed by atoms with Gasteiger partial charge in [0.25, 0.3) is 11.6 Å². The van der Waals surface area contributed by atoms with Crippen molar-refractivity contribution in [2.45, 2.75) is 31.7 Å². The van der Waals surface area contributed by atoms with Crippen LogP contribution >= 0.6 is 0 Å². The number of benzene rings is 1. The van der Waals surface area contributed by atoms with E-state index in [2.05, 4.69) is 5.32 Å². The van der Waals surface area contributed by atoms with Crippen LogP contribution in [0.5, 0.6) is 0 Å². The van der Waals surface area contributed by atoms with Gasteiger partial charge < -0.3 is 11.1 Å². The molecule has 102 valence electrons. The summed E-state index contributed by atoms with van der Waals surface area (Å²) in [6.07, 6.45) is 2.95. The van der Waals surface area contributed by atoms with Crippen molar-refractivity contribution in [3.8, 4) is 0 Å². The van der Waals surface area contributed by atoms with Crippen molar-refractivity contribution >= 4 is 11.6 Å². The van der Waals surface area contributed by atoms with Gasteiger partial charge in [0.1, 0.15) is 0 Å². The van der Waals surface area contributed by atoms with E-state index in [0.29, 0.717) is 17.7 Å². The molecule has 1 saturated carbocycles. The number of rotatable bonds is 4. The molecule has 0 radical (unpaired) electrons. The summed E-state index contributed by atoms with van der Waals surface area (Å²) in [5, 5.41) is 13.4. The summed E-state index contributed by atoms with van der Waals surface area (Å²) in [5.41, 5.74) is 6.78. The van der Waals surface area contributed by atoms with Crippen molar-refractivity contribution in [2.24, 2.45) is 5.73 Å². The van der Waals surface area contributed by atoms with Crippen molar-refractivity contribution in [2.75, 3.05) is 6.54 Å². The number of nitrogens with one attached hydrogen (secondary N) is 1. The molecule has 0 unspecified atom stereocenters. The third-order valence-corrected chi connectivity index (χ3v) is 3.62. The molecule has 19 heavy (non-hydrogen) atoms. The lowest BCUT2D eigenvalue weighted by atomic mass is 9.78. The average Bonchev–Trinajstić information content (AvgIpc) is 2.33. The minimum Gasteiger partial charge on any atom is -0.350 e. The van der Waals surface area contributed by atoms with Gasteiger partial charge in [0.15, 0.2) is 0 Å². The first-order valence-electron chi connectivity index (χ1n) is 6.23. The summed E-state index contributed by atoms with van der Waals surface area (Å²) in [6, 6.07) is 4.21. The lowest BCUT2D eigenvalue weighted by Crippen LogP contribution is -2.54. The van der Waals surface area contributed by atoms with E-state index in [-0.39, 0.29) is 17.1 Å². The molecule has 1 amide bonds. The molecule has 0 spiro atoms. The van der Waals surface area contributed by atoms with Gasteiger partial charge in [-0.25, -0.2) is 0 Å². The molecule has 6 nitrogen and oxygen atoms in total. The first-order valence-corrected chi connectivity index (χ1v) is 6.23. The highest BCUT2D eigenvalue weighted by Gasteiger charge is 2.32. The number of hydrogen-bond donors (Lipinski definition) is 2. The normalized spacial score (nSPS) is 16.5. The van der Waals surface area contributed by atoms with Crippen LogP contribution in [-0.4, -0.2) is 22.9 Å². The molecule has 1 fully saturated rings. The van der Waals surface area contributed by atoms with Crippen LogP contribution < -0.4 is 11.1 Å². The molecular weight excluding hydrogens is 246 g/mol. The summed E-state index contributed by atoms with van der Waals surface area (Å²) in [4.78, 5) is 22.1. The van der Waals surface area contributed by atoms with E-state index in [0.717, 1.165) is 19.3 Å². The molecule has 0 saturated heterocycles. The van der Waals surface area contributed by atoms with Crippen LogP contribution in [0.1, 0.15) is 35.2 Å².